The molecule has 2 aromatic heterocycles. The van der Waals surface area contributed by atoms with Gasteiger partial charge >= 0.3 is 0 Å². The first-order valence-electron chi connectivity index (χ1n) is 4.53. The summed E-state index contributed by atoms with van der Waals surface area (Å²) in [5.74, 6) is 0.817. The number of aromatic nitrogens is 4. The second kappa shape index (κ2) is 3.53. The van der Waals surface area contributed by atoms with Crippen molar-refractivity contribution >= 4 is 0 Å². The van der Waals surface area contributed by atoms with Crippen LogP contribution in [0.2, 0.25) is 0 Å². The number of aryl methyl sites for hydroxylation is 1. The topological polar surface area (TPSA) is 66.7 Å². The van der Waals surface area contributed by atoms with Gasteiger partial charge in [-0.05, 0) is 12.5 Å². The molecule has 5 nitrogen and oxygen atoms in total. The lowest BCUT2D eigenvalue weighted by molar-refractivity contribution is 0.448. The zero-order valence-corrected chi connectivity index (χ0v) is 7.94. The lowest BCUT2D eigenvalue weighted by atomic mass is 10.4. The minimum absolute atomic E-state index is 0.0923. The molecule has 0 spiro atoms. The number of aromatic hydroxyl groups is 1. The van der Waals surface area contributed by atoms with Crippen LogP contribution < -0.4 is 0 Å². The van der Waals surface area contributed by atoms with Crippen molar-refractivity contribution in [2.24, 2.45) is 0 Å². The smallest absolute Gasteiger partial charge is 0.232 e. The lowest BCUT2D eigenvalue weighted by Gasteiger charge is -1.95. The number of hydrogen-bond donors (Lipinski definition) is 2. The van der Waals surface area contributed by atoms with E-state index < -0.39 is 0 Å². The molecule has 2 heterocycles. The van der Waals surface area contributed by atoms with Crippen LogP contribution in [0.4, 0.5) is 0 Å². The SMILES string of the molecule is CCc1[nH]c(Cn2cccn2)nc1O. The van der Waals surface area contributed by atoms with E-state index in [9.17, 15) is 5.11 Å². The summed E-state index contributed by atoms with van der Waals surface area (Å²) in [6.45, 7) is 2.52. The zero-order valence-electron chi connectivity index (χ0n) is 7.94. The fourth-order valence-corrected chi connectivity index (χ4v) is 1.32. The predicted octanol–water partition coefficient (Wildman–Crippen LogP) is 0.922. The molecule has 0 saturated carbocycles. The number of nitrogens with zero attached hydrogens (tertiary/aromatic N) is 3. The molecule has 5 heteroatoms. The van der Waals surface area contributed by atoms with E-state index in [0.717, 1.165) is 17.9 Å². The quantitative estimate of drug-likeness (QED) is 0.760. The highest BCUT2D eigenvalue weighted by Crippen LogP contribution is 2.13. The van der Waals surface area contributed by atoms with Crippen LogP contribution in [-0.2, 0) is 13.0 Å². The van der Waals surface area contributed by atoms with Gasteiger partial charge in [0.15, 0.2) is 0 Å². The predicted molar refractivity (Wildman–Crippen MR) is 51.0 cm³/mol. The third-order valence-electron chi connectivity index (χ3n) is 2.03. The van der Waals surface area contributed by atoms with Crippen LogP contribution in [0.5, 0.6) is 5.88 Å². The maximum Gasteiger partial charge on any atom is 0.232 e. The molecule has 14 heavy (non-hydrogen) atoms. The molecule has 0 aromatic carbocycles. The standard InChI is InChI=1S/C9H12N4O/c1-2-7-9(14)12-8(11-7)6-13-5-3-4-10-13/h3-5,14H,2,6H2,1H3,(H,11,12). The average Bonchev–Trinajstić information content (AvgIpc) is 2.76. The Morgan fingerprint density at radius 3 is 3.00 bits per heavy atom. The molecule has 0 saturated heterocycles. The first-order valence-corrected chi connectivity index (χ1v) is 4.53. The van der Waals surface area contributed by atoms with E-state index in [-0.39, 0.29) is 5.88 Å². The summed E-state index contributed by atoms with van der Waals surface area (Å²) in [6.07, 6.45) is 4.31. The summed E-state index contributed by atoms with van der Waals surface area (Å²) in [4.78, 5) is 7.04. The maximum absolute atomic E-state index is 9.39. The number of nitrogens with one attached hydrogen (secondary N) is 1. The van der Waals surface area contributed by atoms with Gasteiger partial charge in [-0.3, -0.25) is 4.68 Å². The van der Waals surface area contributed by atoms with E-state index in [0.29, 0.717) is 6.54 Å². The van der Waals surface area contributed by atoms with Gasteiger partial charge in [0, 0.05) is 12.4 Å². The van der Waals surface area contributed by atoms with Crippen molar-refractivity contribution in [3.05, 3.63) is 30.0 Å². The van der Waals surface area contributed by atoms with Crippen molar-refractivity contribution in [2.45, 2.75) is 19.9 Å². The Balaban J connectivity index is 2.17. The Bertz CT molecular complexity index is 404. The van der Waals surface area contributed by atoms with Crippen LogP contribution >= 0.6 is 0 Å². The molecule has 0 unspecified atom stereocenters. The molecule has 74 valence electrons. The second-order valence-electron chi connectivity index (χ2n) is 3.04. The molecule has 0 fully saturated rings. The van der Waals surface area contributed by atoms with Gasteiger partial charge in [0.25, 0.3) is 0 Å². The molecule has 0 bridgehead atoms. The van der Waals surface area contributed by atoms with Crippen molar-refractivity contribution in [3.8, 4) is 5.88 Å². The van der Waals surface area contributed by atoms with Crippen molar-refractivity contribution in [1.82, 2.24) is 19.7 Å². The monoisotopic (exact) mass is 192 g/mol. The minimum atomic E-state index is 0.0923. The number of rotatable bonds is 3. The van der Waals surface area contributed by atoms with Crippen molar-refractivity contribution in [1.29, 1.82) is 0 Å². The van der Waals surface area contributed by atoms with Crippen molar-refractivity contribution in [2.75, 3.05) is 0 Å². The molecule has 0 aliphatic heterocycles. The molecule has 0 aliphatic rings. The van der Waals surface area contributed by atoms with E-state index in [1.807, 2.05) is 19.2 Å². The Morgan fingerprint density at radius 2 is 2.43 bits per heavy atom. The van der Waals surface area contributed by atoms with Crippen LogP contribution in [-0.4, -0.2) is 24.9 Å². The van der Waals surface area contributed by atoms with E-state index in [4.69, 9.17) is 0 Å². The van der Waals surface area contributed by atoms with Gasteiger partial charge in [-0.2, -0.15) is 10.1 Å². The largest absolute Gasteiger partial charge is 0.492 e. The van der Waals surface area contributed by atoms with Gasteiger partial charge in [0.05, 0.1) is 12.2 Å². The third-order valence-corrected chi connectivity index (χ3v) is 2.03. The van der Waals surface area contributed by atoms with E-state index in [2.05, 4.69) is 15.1 Å². The minimum Gasteiger partial charge on any atom is -0.492 e. The molecule has 2 aromatic rings. The number of imidazole rings is 1. The highest BCUT2D eigenvalue weighted by atomic mass is 16.3. The van der Waals surface area contributed by atoms with Gasteiger partial charge in [0.2, 0.25) is 5.88 Å². The summed E-state index contributed by atoms with van der Waals surface area (Å²) in [6, 6.07) is 1.85. The van der Waals surface area contributed by atoms with Crippen LogP contribution in [0.25, 0.3) is 0 Å². The van der Waals surface area contributed by atoms with Gasteiger partial charge in [-0.1, -0.05) is 6.92 Å². The number of hydrogen-bond acceptors (Lipinski definition) is 3. The highest BCUT2D eigenvalue weighted by molar-refractivity contribution is 5.19. The summed E-state index contributed by atoms with van der Waals surface area (Å²) in [7, 11) is 0. The van der Waals surface area contributed by atoms with Crippen molar-refractivity contribution in [3.63, 3.8) is 0 Å². The summed E-state index contributed by atoms with van der Waals surface area (Å²) in [5, 5.41) is 13.4. The average molecular weight is 192 g/mol. The Labute approximate surface area is 81.4 Å². The van der Waals surface area contributed by atoms with E-state index in [1.54, 1.807) is 10.9 Å². The highest BCUT2D eigenvalue weighted by Gasteiger charge is 2.06. The Morgan fingerprint density at radius 1 is 1.57 bits per heavy atom. The van der Waals surface area contributed by atoms with Crippen LogP contribution in [0.1, 0.15) is 18.4 Å². The first kappa shape index (κ1) is 8.80. The number of H-pyrrole nitrogens is 1. The van der Waals surface area contributed by atoms with Gasteiger partial charge in [0.1, 0.15) is 5.82 Å². The molecule has 0 aliphatic carbocycles. The zero-order chi connectivity index (χ0) is 9.97. The Hall–Kier alpha value is -1.78. The van der Waals surface area contributed by atoms with Gasteiger partial charge in [-0.15, -0.1) is 0 Å². The second-order valence-corrected chi connectivity index (χ2v) is 3.04. The van der Waals surface area contributed by atoms with Gasteiger partial charge in [-0.25, -0.2) is 0 Å². The fraction of sp³-hybridized carbons (Fsp3) is 0.333. The molecule has 2 rings (SSSR count). The normalized spacial score (nSPS) is 10.6. The lowest BCUT2D eigenvalue weighted by Crippen LogP contribution is -2.01. The molecule has 2 N–H and O–H groups in total. The molecular weight excluding hydrogens is 180 g/mol. The molecule has 0 amide bonds. The molecule has 0 radical (unpaired) electrons. The Kier molecular flexibility index (Phi) is 2.22. The van der Waals surface area contributed by atoms with Crippen LogP contribution in [0, 0.1) is 0 Å². The van der Waals surface area contributed by atoms with E-state index >= 15 is 0 Å². The third kappa shape index (κ3) is 1.61. The number of aromatic amines is 1. The summed E-state index contributed by atoms with van der Waals surface area (Å²) in [5.41, 5.74) is 0.771. The van der Waals surface area contributed by atoms with Crippen LogP contribution in [0.15, 0.2) is 18.5 Å². The molecular formula is C9H12N4O. The summed E-state index contributed by atoms with van der Waals surface area (Å²) < 4.78 is 1.75. The summed E-state index contributed by atoms with van der Waals surface area (Å²) >= 11 is 0. The first-order chi connectivity index (χ1) is 6.79. The fourth-order valence-electron chi connectivity index (χ4n) is 1.32. The van der Waals surface area contributed by atoms with E-state index in [1.165, 1.54) is 0 Å². The van der Waals surface area contributed by atoms with Crippen molar-refractivity contribution < 1.29 is 5.11 Å². The van der Waals surface area contributed by atoms with Crippen LogP contribution in [0.3, 0.4) is 0 Å². The maximum atomic E-state index is 9.39. The molecule has 0 atom stereocenters. The van der Waals surface area contributed by atoms with Gasteiger partial charge < -0.3 is 10.1 Å².